The van der Waals surface area contributed by atoms with Crippen molar-refractivity contribution in [2.45, 2.75) is 18.2 Å². The summed E-state index contributed by atoms with van der Waals surface area (Å²) in [6.45, 7) is 4.40. The number of halogens is 1. The molecule has 0 bridgehead atoms. The van der Waals surface area contributed by atoms with E-state index in [4.69, 9.17) is 11.6 Å². The molecule has 1 atom stereocenters. The number of likely N-dealkylation sites (tertiary alicyclic amines) is 1. The summed E-state index contributed by atoms with van der Waals surface area (Å²) in [5.41, 5.74) is 0.880. The number of hydrogen-bond donors (Lipinski definition) is 0. The molecule has 0 amide bonds. The molecule has 0 aromatic heterocycles. The zero-order valence-electron chi connectivity index (χ0n) is 12.1. The first-order valence-corrected chi connectivity index (χ1v) is 8.53. The van der Waals surface area contributed by atoms with Crippen LogP contribution in [0.2, 0.25) is 5.02 Å². The number of hydrogen-bond acceptors (Lipinski definition) is 3. The third-order valence-corrected chi connectivity index (χ3v) is 6.08. The standard InChI is InChI=1S/C14H21ClN2O2S/c1-11-4-5-13(8-14(11)15)20(18,19)17(3)10-12-6-7-16(2)9-12/h4-5,8,12H,6-7,9-10H2,1-3H3/t12-/m1/s1. The highest BCUT2D eigenvalue weighted by molar-refractivity contribution is 7.89. The zero-order valence-corrected chi connectivity index (χ0v) is 13.7. The van der Waals surface area contributed by atoms with E-state index in [0.717, 1.165) is 25.1 Å². The molecular weight excluding hydrogens is 296 g/mol. The van der Waals surface area contributed by atoms with Crippen molar-refractivity contribution in [3.63, 3.8) is 0 Å². The Morgan fingerprint density at radius 1 is 1.45 bits per heavy atom. The zero-order chi connectivity index (χ0) is 14.9. The second-order valence-electron chi connectivity index (χ2n) is 5.61. The van der Waals surface area contributed by atoms with Crippen LogP contribution in [0.5, 0.6) is 0 Å². The van der Waals surface area contributed by atoms with Crippen molar-refractivity contribution in [3.05, 3.63) is 28.8 Å². The van der Waals surface area contributed by atoms with Gasteiger partial charge in [-0.2, -0.15) is 0 Å². The second-order valence-corrected chi connectivity index (χ2v) is 8.07. The van der Waals surface area contributed by atoms with Crippen molar-refractivity contribution in [2.75, 3.05) is 33.7 Å². The molecule has 112 valence electrons. The second kappa shape index (κ2) is 6.02. The smallest absolute Gasteiger partial charge is 0.242 e. The lowest BCUT2D eigenvalue weighted by atomic mass is 10.1. The third-order valence-electron chi connectivity index (χ3n) is 3.86. The van der Waals surface area contributed by atoms with Gasteiger partial charge >= 0.3 is 0 Å². The molecular formula is C14H21ClN2O2S. The first kappa shape index (κ1) is 15.8. The van der Waals surface area contributed by atoms with E-state index < -0.39 is 10.0 Å². The van der Waals surface area contributed by atoms with Crippen LogP contribution in [-0.2, 0) is 10.0 Å². The van der Waals surface area contributed by atoms with E-state index in [0.29, 0.717) is 17.5 Å². The first-order valence-electron chi connectivity index (χ1n) is 6.71. The van der Waals surface area contributed by atoms with Crippen molar-refractivity contribution in [3.8, 4) is 0 Å². The molecule has 20 heavy (non-hydrogen) atoms. The highest BCUT2D eigenvalue weighted by Gasteiger charge is 2.27. The number of aryl methyl sites for hydroxylation is 1. The molecule has 6 heteroatoms. The Bertz CT molecular complexity index is 589. The average molecular weight is 317 g/mol. The lowest BCUT2D eigenvalue weighted by molar-refractivity contribution is 0.357. The number of nitrogens with zero attached hydrogens (tertiary/aromatic N) is 2. The first-order chi connectivity index (χ1) is 9.30. The summed E-state index contributed by atoms with van der Waals surface area (Å²) in [5, 5.41) is 0.486. The van der Waals surface area contributed by atoms with E-state index >= 15 is 0 Å². The van der Waals surface area contributed by atoms with Crippen molar-refractivity contribution in [1.82, 2.24) is 9.21 Å². The molecule has 2 rings (SSSR count). The van der Waals surface area contributed by atoms with Crippen LogP contribution in [0.25, 0.3) is 0 Å². The average Bonchev–Trinajstić information content (AvgIpc) is 2.78. The molecule has 1 aliphatic rings. The maximum atomic E-state index is 12.5. The Balaban J connectivity index is 2.14. The number of rotatable bonds is 4. The predicted octanol–water partition coefficient (Wildman–Crippen LogP) is 2.22. The molecule has 0 saturated carbocycles. The van der Waals surface area contributed by atoms with Gasteiger partial charge in [-0.3, -0.25) is 0 Å². The molecule has 1 saturated heterocycles. The lowest BCUT2D eigenvalue weighted by Gasteiger charge is -2.21. The van der Waals surface area contributed by atoms with Crippen molar-refractivity contribution < 1.29 is 8.42 Å². The molecule has 4 nitrogen and oxygen atoms in total. The van der Waals surface area contributed by atoms with Gasteiger partial charge in [0.1, 0.15) is 0 Å². The lowest BCUT2D eigenvalue weighted by Crippen LogP contribution is -2.32. The predicted molar refractivity (Wildman–Crippen MR) is 81.6 cm³/mol. The minimum atomic E-state index is -3.45. The topological polar surface area (TPSA) is 40.6 Å². The summed E-state index contributed by atoms with van der Waals surface area (Å²) in [4.78, 5) is 2.50. The normalized spacial score (nSPS) is 20.8. The monoisotopic (exact) mass is 316 g/mol. The van der Waals surface area contributed by atoms with E-state index in [9.17, 15) is 8.42 Å². The van der Waals surface area contributed by atoms with Crippen LogP contribution in [0.4, 0.5) is 0 Å². The summed E-state index contributed by atoms with van der Waals surface area (Å²) in [5.74, 6) is 0.403. The van der Waals surface area contributed by atoms with Crippen molar-refractivity contribution in [2.24, 2.45) is 5.92 Å². The van der Waals surface area contributed by atoms with Gasteiger partial charge in [0.2, 0.25) is 10.0 Å². The maximum absolute atomic E-state index is 12.5. The Hall–Kier alpha value is -0.620. The van der Waals surface area contributed by atoms with E-state index in [1.165, 1.54) is 10.4 Å². The molecule has 1 aliphatic heterocycles. The summed E-state index contributed by atoms with van der Waals surface area (Å²) in [6, 6.07) is 4.89. The summed E-state index contributed by atoms with van der Waals surface area (Å²) in [6.07, 6.45) is 1.05. The number of benzene rings is 1. The number of sulfonamides is 1. The van der Waals surface area contributed by atoms with Crippen LogP contribution < -0.4 is 0 Å². The van der Waals surface area contributed by atoms with E-state index in [1.807, 2.05) is 6.92 Å². The van der Waals surface area contributed by atoms with Crippen LogP contribution in [0, 0.1) is 12.8 Å². The van der Waals surface area contributed by atoms with Gasteiger partial charge < -0.3 is 4.90 Å². The van der Waals surface area contributed by atoms with Crippen LogP contribution in [0.1, 0.15) is 12.0 Å². The third kappa shape index (κ3) is 3.34. The summed E-state index contributed by atoms with van der Waals surface area (Å²) in [7, 11) is 0.251. The largest absolute Gasteiger partial charge is 0.306 e. The van der Waals surface area contributed by atoms with Gasteiger partial charge in [-0.25, -0.2) is 12.7 Å². The van der Waals surface area contributed by atoms with Gasteiger partial charge in [-0.1, -0.05) is 17.7 Å². The molecule has 1 heterocycles. The van der Waals surface area contributed by atoms with Gasteiger partial charge in [-0.05, 0) is 50.6 Å². The van der Waals surface area contributed by atoms with Gasteiger partial charge in [-0.15, -0.1) is 0 Å². The molecule has 1 fully saturated rings. The van der Waals surface area contributed by atoms with Crippen molar-refractivity contribution >= 4 is 21.6 Å². The fourth-order valence-corrected chi connectivity index (χ4v) is 4.07. The van der Waals surface area contributed by atoms with Crippen LogP contribution >= 0.6 is 11.6 Å². The summed E-state index contributed by atoms with van der Waals surface area (Å²) < 4.78 is 26.5. The van der Waals surface area contributed by atoms with E-state index in [-0.39, 0.29) is 4.90 Å². The van der Waals surface area contributed by atoms with E-state index in [1.54, 1.807) is 19.2 Å². The fraction of sp³-hybridized carbons (Fsp3) is 0.571. The quantitative estimate of drug-likeness (QED) is 0.855. The molecule has 0 radical (unpaired) electrons. The summed E-state index contributed by atoms with van der Waals surface area (Å²) >= 11 is 6.02. The molecule has 1 aromatic rings. The van der Waals surface area contributed by atoms with Gasteiger partial charge in [0, 0.05) is 25.2 Å². The Kier molecular flexibility index (Phi) is 4.74. The Labute approximate surface area is 126 Å². The molecule has 1 aromatic carbocycles. The van der Waals surface area contributed by atoms with Gasteiger partial charge in [0.25, 0.3) is 0 Å². The highest BCUT2D eigenvalue weighted by Crippen LogP contribution is 2.24. The van der Waals surface area contributed by atoms with Crippen LogP contribution in [0.3, 0.4) is 0 Å². The molecule has 0 spiro atoms. The van der Waals surface area contributed by atoms with Gasteiger partial charge in [0.05, 0.1) is 4.90 Å². The maximum Gasteiger partial charge on any atom is 0.242 e. The molecule has 0 unspecified atom stereocenters. The van der Waals surface area contributed by atoms with Crippen molar-refractivity contribution in [1.29, 1.82) is 0 Å². The van der Waals surface area contributed by atoms with Crippen LogP contribution in [0.15, 0.2) is 23.1 Å². The Morgan fingerprint density at radius 3 is 2.70 bits per heavy atom. The fourth-order valence-electron chi connectivity index (χ4n) is 2.55. The van der Waals surface area contributed by atoms with Crippen LogP contribution in [-0.4, -0.2) is 51.4 Å². The SMILES string of the molecule is Cc1ccc(S(=O)(=O)N(C)C[C@@H]2CCN(C)C2)cc1Cl. The van der Waals surface area contributed by atoms with E-state index in [2.05, 4.69) is 11.9 Å². The Morgan fingerprint density at radius 2 is 2.15 bits per heavy atom. The molecule has 0 N–H and O–H groups in total. The minimum absolute atomic E-state index is 0.266. The van der Waals surface area contributed by atoms with Gasteiger partial charge in [0.15, 0.2) is 0 Å². The highest BCUT2D eigenvalue weighted by atomic mass is 35.5. The minimum Gasteiger partial charge on any atom is -0.306 e. The molecule has 0 aliphatic carbocycles.